The molecule has 4 nitrogen and oxygen atoms in total. The van der Waals surface area contributed by atoms with E-state index in [2.05, 4.69) is 14.5 Å². The molecule has 94 valence electrons. The van der Waals surface area contributed by atoms with Gasteiger partial charge in [-0.25, -0.2) is 9.97 Å². The molecule has 2 aromatic heterocycles. The second kappa shape index (κ2) is 5.02. The van der Waals surface area contributed by atoms with Crippen molar-refractivity contribution in [3.63, 3.8) is 0 Å². The molecule has 0 atom stereocenters. The Morgan fingerprint density at radius 1 is 1.22 bits per heavy atom. The highest BCUT2D eigenvalue weighted by atomic mass is 32.2. The number of nitrogen functional groups attached to an aromatic ring is 1. The zero-order chi connectivity index (χ0) is 12.4. The van der Waals surface area contributed by atoms with E-state index in [-0.39, 0.29) is 0 Å². The lowest BCUT2D eigenvalue weighted by atomic mass is 10.1. The van der Waals surface area contributed by atoms with Crippen LogP contribution < -0.4 is 5.73 Å². The lowest BCUT2D eigenvalue weighted by molar-refractivity contribution is 0.473. The first-order chi connectivity index (χ1) is 8.84. The van der Waals surface area contributed by atoms with Gasteiger partial charge in [-0.05, 0) is 36.5 Å². The minimum atomic E-state index is 0.555. The Hall–Kier alpha value is -1.49. The highest BCUT2D eigenvalue weighted by Gasteiger charge is 2.18. The number of hydrogen-bond acceptors (Lipinski definition) is 4. The molecule has 1 saturated heterocycles. The molecule has 1 fully saturated rings. The standard InChI is InChI=1S/C13H16N4S/c14-13-2-1-10(7-16-13)12-8-15-9-17(12)11-3-5-18-6-4-11/h1-2,7-9,11H,3-6H2,(H2,14,16). The van der Waals surface area contributed by atoms with Gasteiger partial charge in [-0.15, -0.1) is 0 Å². The monoisotopic (exact) mass is 260 g/mol. The summed E-state index contributed by atoms with van der Waals surface area (Å²) in [5.74, 6) is 3.03. The molecular weight excluding hydrogens is 244 g/mol. The fourth-order valence-electron chi connectivity index (χ4n) is 2.34. The van der Waals surface area contributed by atoms with Crippen LogP contribution in [0, 0.1) is 0 Å². The van der Waals surface area contributed by atoms with E-state index in [4.69, 9.17) is 5.73 Å². The zero-order valence-corrected chi connectivity index (χ0v) is 10.9. The largest absolute Gasteiger partial charge is 0.384 e. The van der Waals surface area contributed by atoms with Crippen LogP contribution in [-0.4, -0.2) is 26.0 Å². The average molecular weight is 260 g/mol. The van der Waals surface area contributed by atoms with Crippen LogP contribution in [-0.2, 0) is 0 Å². The minimum Gasteiger partial charge on any atom is -0.384 e. The zero-order valence-electron chi connectivity index (χ0n) is 10.1. The number of nitrogens with zero attached hydrogens (tertiary/aromatic N) is 3. The van der Waals surface area contributed by atoms with E-state index in [1.165, 1.54) is 24.3 Å². The van der Waals surface area contributed by atoms with Crippen molar-refractivity contribution in [3.8, 4) is 11.3 Å². The fourth-order valence-corrected chi connectivity index (χ4v) is 3.42. The first kappa shape index (κ1) is 11.6. The Balaban J connectivity index is 1.93. The van der Waals surface area contributed by atoms with Gasteiger partial charge in [0.2, 0.25) is 0 Å². The smallest absolute Gasteiger partial charge is 0.123 e. The molecule has 0 spiro atoms. The van der Waals surface area contributed by atoms with Gasteiger partial charge in [-0.3, -0.25) is 0 Å². The summed E-state index contributed by atoms with van der Waals surface area (Å²) in [6, 6.07) is 4.41. The molecule has 0 aromatic carbocycles. The summed E-state index contributed by atoms with van der Waals surface area (Å²) in [5, 5.41) is 0. The number of pyridine rings is 1. The van der Waals surface area contributed by atoms with Crippen molar-refractivity contribution in [2.75, 3.05) is 17.2 Å². The van der Waals surface area contributed by atoms with Crippen LogP contribution in [0.25, 0.3) is 11.3 Å². The Morgan fingerprint density at radius 3 is 2.78 bits per heavy atom. The van der Waals surface area contributed by atoms with Gasteiger partial charge >= 0.3 is 0 Å². The molecule has 1 aliphatic rings. The molecule has 1 aliphatic heterocycles. The van der Waals surface area contributed by atoms with Gasteiger partial charge < -0.3 is 10.3 Å². The number of hydrogen-bond donors (Lipinski definition) is 1. The molecular formula is C13H16N4S. The van der Waals surface area contributed by atoms with E-state index in [1.54, 1.807) is 0 Å². The van der Waals surface area contributed by atoms with E-state index in [1.807, 2.05) is 42.6 Å². The third kappa shape index (κ3) is 2.22. The van der Waals surface area contributed by atoms with E-state index < -0.39 is 0 Å². The Kier molecular flexibility index (Phi) is 3.23. The van der Waals surface area contributed by atoms with Crippen molar-refractivity contribution in [1.82, 2.24) is 14.5 Å². The van der Waals surface area contributed by atoms with Gasteiger partial charge in [-0.1, -0.05) is 0 Å². The van der Waals surface area contributed by atoms with Crippen molar-refractivity contribution >= 4 is 17.6 Å². The maximum absolute atomic E-state index is 5.62. The van der Waals surface area contributed by atoms with Crippen LogP contribution in [0.1, 0.15) is 18.9 Å². The van der Waals surface area contributed by atoms with Crippen LogP contribution in [0.15, 0.2) is 30.9 Å². The lowest BCUT2D eigenvalue weighted by Gasteiger charge is -2.24. The molecule has 3 rings (SSSR count). The number of nitrogens with two attached hydrogens (primary N) is 1. The summed E-state index contributed by atoms with van der Waals surface area (Å²) in [5.41, 5.74) is 7.85. The number of aromatic nitrogens is 3. The molecule has 0 radical (unpaired) electrons. The molecule has 0 saturated carbocycles. The van der Waals surface area contributed by atoms with Gasteiger partial charge in [0.05, 0.1) is 18.2 Å². The first-order valence-corrected chi connectivity index (χ1v) is 7.31. The molecule has 5 heteroatoms. The predicted molar refractivity (Wildman–Crippen MR) is 75.5 cm³/mol. The minimum absolute atomic E-state index is 0.555. The fraction of sp³-hybridized carbons (Fsp3) is 0.385. The third-order valence-corrected chi connectivity index (χ3v) is 4.38. The molecule has 0 aliphatic carbocycles. The van der Waals surface area contributed by atoms with Crippen LogP contribution in [0.3, 0.4) is 0 Å². The summed E-state index contributed by atoms with van der Waals surface area (Å²) >= 11 is 2.04. The van der Waals surface area contributed by atoms with Crippen LogP contribution in [0.4, 0.5) is 5.82 Å². The molecule has 2 aromatic rings. The summed E-state index contributed by atoms with van der Waals surface area (Å²) in [7, 11) is 0. The molecule has 2 N–H and O–H groups in total. The van der Waals surface area contributed by atoms with Gasteiger partial charge in [0.25, 0.3) is 0 Å². The molecule has 0 unspecified atom stereocenters. The second-order valence-corrected chi connectivity index (χ2v) is 5.73. The normalized spacial score (nSPS) is 16.9. The highest BCUT2D eigenvalue weighted by Crippen LogP contribution is 2.31. The lowest BCUT2D eigenvalue weighted by Crippen LogP contribution is -2.15. The van der Waals surface area contributed by atoms with E-state index in [9.17, 15) is 0 Å². The highest BCUT2D eigenvalue weighted by molar-refractivity contribution is 7.99. The third-order valence-electron chi connectivity index (χ3n) is 3.33. The summed E-state index contributed by atoms with van der Waals surface area (Å²) < 4.78 is 2.28. The van der Waals surface area contributed by atoms with Crippen LogP contribution in [0.5, 0.6) is 0 Å². The average Bonchev–Trinajstić information content (AvgIpc) is 2.90. The van der Waals surface area contributed by atoms with Crippen molar-refractivity contribution in [2.45, 2.75) is 18.9 Å². The molecule has 0 amide bonds. The van der Waals surface area contributed by atoms with Crippen molar-refractivity contribution < 1.29 is 0 Å². The first-order valence-electron chi connectivity index (χ1n) is 6.16. The van der Waals surface area contributed by atoms with Gasteiger partial charge in [0.15, 0.2) is 0 Å². The summed E-state index contributed by atoms with van der Waals surface area (Å²) in [6.07, 6.45) is 8.11. The molecule has 0 bridgehead atoms. The predicted octanol–water partition coefficient (Wildman–Crippen LogP) is 2.60. The van der Waals surface area contributed by atoms with Crippen molar-refractivity contribution in [1.29, 1.82) is 0 Å². The maximum atomic E-state index is 5.62. The van der Waals surface area contributed by atoms with Crippen LogP contribution in [0.2, 0.25) is 0 Å². The number of imidazole rings is 1. The van der Waals surface area contributed by atoms with Gasteiger partial charge in [-0.2, -0.15) is 11.8 Å². The van der Waals surface area contributed by atoms with Gasteiger partial charge in [0.1, 0.15) is 5.82 Å². The Bertz CT molecular complexity index is 514. The van der Waals surface area contributed by atoms with Crippen molar-refractivity contribution in [2.24, 2.45) is 0 Å². The number of thioether (sulfide) groups is 1. The number of anilines is 1. The quantitative estimate of drug-likeness (QED) is 0.901. The Morgan fingerprint density at radius 2 is 2.06 bits per heavy atom. The van der Waals surface area contributed by atoms with Crippen molar-refractivity contribution in [3.05, 3.63) is 30.9 Å². The Labute approximate surface area is 111 Å². The summed E-state index contributed by atoms with van der Waals surface area (Å²) in [6.45, 7) is 0. The van der Waals surface area contributed by atoms with E-state index in [0.717, 1.165) is 11.3 Å². The molecule has 18 heavy (non-hydrogen) atoms. The SMILES string of the molecule is Nc1ccc(-c2cncn2C2CCSCC2)cn1. The second-order valence-electron chi connectivity index (χ2n) is 4.50. The van der Waals surface area contributed by atoms with Gasteiger partial charge in [0, 0.05) is 17.8 Å². The maximum Gasteiger partial charge on any atom is 0.123 e. The van der Waals surface area contributed by atoms with E-state index in [0.29, 0.717) is 11.9 Å². The van der Waals surface area contributed by atoms with Crippen LogP contribution >= 0.6 is 11.8 Å². The molecule has 3 heterocycles. The summed E-state index contributed by atoms with van der Waals surface area (Å²) in [4.78, 5) is 8.45. The number of rotatable bonds is 2. The van der Waals surface area contributed by atoms with E-state index >= 15 is 0 Å². The topological polar surface area (TPSA) is 56.7 Å².